The van der Waals surface area contributed by atoms with Crippen molar-refractivity contribution in [1.82, 2.24) is 30.1 Å². The fourth-order valence-corrected chi connectivity index (χ4v) is 6.04. The quantitative estimate of drug-likeness (QED) is 0.411. The largest absolute Gasteiger partial charge is 0.339 e. The van der Waals surface area contributed by atoms with Crippen LogP contribution in [0.15, 0.2) is 52.7 Å². The number of nitriles is 1. The highest BCUT2D eigenvalue weighted by Gasteiger charge is 2.51. The molecule has 0 saturated carbocycles. The van der Waals surface area contributed by atoms with Gasteiger partial charge < -0.3 is 4.52 Å². The molecule has 6 rings (SSSR count). The summed E-state index contributed by atoms with van der Waals surface area (Å²) in [6.45, 7) is 7.71. The number of ketones is 1. The Morgan fingerprint density at radius 3 is 2.65 bits per heavy atom. The van der Waals surface area contributed by atoms with Crippen molar-refractivity contribution in [2.75, 3.05) is 0 Å². The van der Waals surface area contributed by atoms with Gasteiger partial charge >= 0.3 is 0 Å². The van der Waals surface area contributed by atoms with Gasteiger partial charge in [0, 0.05) is 29.4 Å². The highest BCUT2D eigenvalue weighted by Crippen LogP contribution is 2.51. The summed E-state index contributed by atoms with van der Waals surface area (Å²) in [7, 11) is 0. The zero-order chi connectivity index (χ0) is 25.9. The minimum Gasteiger partial charge on any atom is -0.339 e. The third kappa shape index (κ3) is 3.51. The first-order chi connectivity index (χ1) is 17.8. The van der Waals surface area contributed by atoms with E-state index >= 15 is 0 Å². The highest BCUT2D eigenvalue weighted by molar-refractivity contribution is 6.02. The molecule has 0 spiro atoms. The SMILES string of the molecule is Cc1cc(-c2ccc(-n3nc(-c4noc(C)n4)c4c3[C@]3(C)C=C(C#N)C(=O)[C@H](C)[C@H]3CC4)cc2)cnn1. The molecule has 0 amide bonds. The van der Waals surface area contributed by atoms with Crippen molar-refractivity contribution in [3.63, 3.8) is 0 Å². The summed E-state index contributed by atoms with van der Waals surface area (Å²) >= 11 is 0. The standard InChI is InChI=1S/C28H25N7O2/c1-15-11-19(14-30-32-15)18-5-7-21(8-6-18)35-26-22(24(33-35)27-31-17(3)37-34-27)9-10-23-16(2)25(36)20(13-29)12-28(23,26)4/h5-8,11-12,14,16,23H,9-10H2,1-4H3/t16-,23-,28-/m1/s1. The molecule has 2 aliphatic rings. The Morgan fingerprint density at radius 1 is 1.19 bits per heavy atom. The van der Waals surface area contributed by atoms with Gasteiger partial charge in [-0.15, -0.1) is 0 Å². The number of Topliss-reactive ketones (excluding diaryl/α,β-unsaturated/α-hetero) is 1. The molecule has 0 bridgehead atoms. The van der Waals surface area contributed by atoms with Crippen molar-refractivity contribution in [2.45, 2.75) is 46.0 Å². The van der Waals surface area contributed by atoms with Gasteiger partial charge in [-0.05, 0) is 49.4 Å². The summed E-state index contributed by atoms with van der Waals surface area (Å²) < 4.78 is 7.20. The molecule has 3 heterocycles. The Kier molecular flexibility index (Phi) is 5.16. The van der Waals surface area contributed by atoms with Crippen LogP contribution >= 0.6 is 0 Å². The van der Waals surface area contributed by atoms with Crippen molar-refractivity contribution in [1.29, 1.82) is 5.26 Å². The van der Waals surface area contributed by atoms with Crippen molar-refractivity contribution < 1.29 is 9.32 Å². The molecule has 37 heavy (non-hydrogen) atoms. The predicted molar refractivity (Wildman–Crippen MR) is 134 cm³/mol. The maximum Gasteiger partial charge on any atom is 0.223 e. The van der Waals surface area contributed by atoms with Gasteiger partial charge in [-0.25, -0.2) is 4.68 Å². The maximum atomic E-state index is 12.9. The topological polar surface area (TPSA) is 123 Å². The Bertz CT molecular complexity index is 1620. The Morgan fingerprint density at radius 2 is 1.97 bits per heavy atom. The van der Waals surface area contributed by atoms with Crippen LogP contribution in [0, 0.1) is 37.0 Å². The highest BCUT2D eigenvalue weighted by atomic mass is 16.5. The third-order valence-electron chi connectivity index (χ3n) is 7.78. The van der Waals surface area contributed by atoms with Gasteiger partial charge in [0.1, 0.15) is 11.8 Å². The zero-order valence-electron chi connectivity index (χ0n) is 21.1. The number of nitrogens with zero attached hydrogens (tertiary/aromatic N) is 7. The first kappa shape index (κ1) is 23.0. The van der Waals surface area contributed by atoms with Crippen LogP contribution in [0.5, 0.6) is 0 Å². The number of benzene rings is 1. The van der Waals surface area contributed by atoms with E-state index in [1.165, 1.54) is 0 Å². The number of aryl methyl sites for hydroxylation is 2. The van der Waals surface area contributed by atoms with Crippen molar-refractivity contribution >= 4 is 5.78 Å². The maximum absolute atomic E-state index is 12.9. The minimum atomic E-state index is -0.569. The predicted octanol–water partition coefficient (Wildman–Crippen LogP) is 4.49. The Hall–Kier alpha value is -4.45. The molecular weight excluding hydrogens is 466 g/mol. The van der Waals surface area contributed by atoms with E-state index in [0.717, 1.165) is 46.6 Å². The molecule has 0 N–H and O–H groups in total. The monoisotopic (exact) mass is 491 g/mol. The van der Waals surface area contributed by atoms with E-state index in [0.29, 0.717) is 17.4 Å². The molecule has 9 nitrogen and oxygen atoms in total. The summed E-state index contributed by atoms with van der Waals surface area (Å²) in [6.07, 6.45) is 5.12. The van der Waals surface area contributed by atoms with E-state index in [1.807, 2.05) is 54.9 Å². The van der Waals surface area contributed by atoms with E-state index < -0.39 is 5.41 Å². The number of rotatable bonds is 3. The van der Waals surface area contributed by atoms with Crippen LogP contribution in [0.4, 0.5) is 0 Å². The fraction of sp³-hybridized carbons (Fsp3) is 0.321. The third-order valence-corrected chi connectivity index (χ3v) is 7.78. The van der Waals surface area contributed by atoms with Gasteiger partial charge in [-0.3, -0.25) is 4.79 Å². The van der Waals surface area contributed by atoms with E-state index in [-0.39, 0.29) is 23.2 Å². The molecule has 0 aliphatic heterocycles. The number of hydrogen-bond acceptors (Lipinski definition) is 8. The van der Waals surface area contributed by atoms with E-state index in [4.69, 9.17) is 9.62 Å². The van der Waals surface area contributed by atoms with Crippen LogP contribution < -0.4 is 0 Å². The summed E-state index contributed by atoms with van der Waals surface area (Å²) in [5.74, 6) is 0.604. The molecule has 9 heteroatoms. The average Bonchev–Trinajstić information content (AvgIpc) is 3.50. The molecule has 4 aromatic rings. The Balaban J connectivity index is 1.56. The number of fused-ring (bicyclic) bond motifs is 3. The lowest BCUT2D eigenvalue weighted by Crippen LogP contribution is -2.46. The van der Waals surface area contributed by atoms with E-state index in [2.05, 4.69) is 33.3 Å². The number of hydrogen-bond donors (Lipinski definition) is 0. The van der Waals surface area contributed by atoms with Crippen molar-refractivity contribution in [2.24, 2.45) is 11.8 Å². The van der Waals surface area contributed by atoms with E-state index in [1.54, 1.807) is 13.1 Å². The molecule has 3 aromatic heterocycles. The normalized spacial score (nSPS) is 22.7. The van der Waals surface area contributed by atoms with Gasteiger partial charge in [0.25, 0.3) is 0 Å². The van der Waals surface area contributed by atoms with Crippen LogP contribution in [-0.4, -0.2) is 35.9 Å². The summed E-state index contributed by atoms with van der Waals surface area (Å²) in [5.41, 5.74) is 6.00. The van der Waals surface area contributed by atoms with Gasteiger partial charge in [0.05, 0.1) is 28.8 Å². The number of allylic oxidation sites excluding steroid dienone is 2. The van der Waals surface area contributed by atoms with Crippen LogP contribution in [0.25, 0.3) is 28.3 Å². The lowest BCUT2D eigenvalue weighted by molar-refractivity contribution is -0.121. The van der Waals surface area contributed by atoms with Gasteiger partial charge in [0.15, 0.2) is 5.78 Å². The lowest BCUT2D eigenvalue weighted by atomic mass is 9.58. The molecular formula is C28H25N7O2. The minimum absolute atomic E-state index is 0.0463. The lowest BCUT2D eigenvalue weighted by Gasteiger charge is -2.45. The molecule has 184 valence electrons. The van der Waals surface area contributed by atoms with Gasteiger partial charge in [-0.2, -0.15) is 25.5 Å². The molecule has 0 radical (unpaired) electrons. The number of carbonyl (C=O) groups excluding carboxylic acids is 1. The summed E-state index contributed by atoms with van der Waals surface area (Å²) in [5, 5.41) is 27.0. The van der Waals surface area contributed by atoms with Gasteiger partial charge in [-0.1, -0.05) is 37.2 Å². The second-order valence-corrected chi connectivity index (χ2v) is 10.1. The number of aromatic nitrogens is 6. The fourth-order valence-electron chi connectivity index (χ4n) is 6.04. The Labute approximate surface area is 213 Å². The summed E-state index contributed by atoms with van der Waals surface area (Å²) in [4.78, 5) is 17.3. The second kappa shape index (κ2) is 8.30. The van der Waals surface area contributed by atoms with Crippen LogP contribution in [0.1, 0.15) is 43.1 Å². The molecule has 0 fully saturated rings. The first-order valence-corrected chi connectivity index (χ1v) is 12.3. The zero-order valence-corrected chi connectivity index (χ0v) is 21.1. The van der Waals surface area contributed by atoms with Crippen LogP contribution in [0.2, 0.25) is 0 Å². The molecule has 0 saturated heterocycles. The van der Waals surface area contributed by atoms with Crippen molar-refractivity contribution in [3.05, 3.63) is 71.0 Å². The number of carbonyl (C=O) groups is 1. The molecule has 1 aromatic carbocycles. The van der Waals surface area contributed by atoms with Crippen LogP contribution in [-0.2, 0) is 16.6 Å². The molecule has 0 unspecified atom stereocenters. The average molecular weight is 492 g/mol. The molecule has 3 atom stereocenters. The molecule has 2 aliphatic carbocycles. The first-order valence-electron chi connectivity index (χ1n) is 12.3. The smallest absolute Gasteiger partial charge is 0.223 e. The van der Waals surface area contributed by atoms with Gasteiger partial charge in [0.2, 0.25) is 11.7 Å². The summed E-state index contributed by atoms with van der Waals surface area (Å²) in [6, 6.07) is 12.2. The van der Waals surface area contributed by atoms with Crippen molar-refractivity contribution in [3.8, 4) is 34.4 Å². The second-order valence-electron chi connectivity index (χ2n) is 10.1. The van der Waals surface area contributed by atoms with Crippen LogP contribution in [0.3, 0.4) is 0 Å². The van der Waals surface area contributed by atoms with E-state index in [9.17, 15) is 10.1 Å².